The first kappa shape index (κ1) is 17.5. The first-order chi connectivity index (χ1) is 11.6. The average molecular weight is 342 g/mol. The second-order valence-corrected chi connectivity index (χ2v) is 5.40. The molecule has 122 valence electrons. The number of terminal acetylenes is 1. The van der Waals surface area contributed by atoms with Crippen LogP contribution in [-0.4, -0.2) is 16.8 Å². The molecule has 2 rings (SSSR count). The predicted molar refractivity (Wildman–Crippen MR) is 95.0 cm³/mol. The van der Waals surface area contributed by atoms with Gasteiger partial charge in [0.2, 0.25) is 5.91 Å². The summed E-state index contributed by atoms with van der Waals surface area (Å²) < 4.78 is 0. The van der Waals surface area contributed by atoms with Crippen molar-refractivity contribution in [3.8, 4) is 12.3 Å². The molecule has 2 N–H and O–H groups in total. The van der Waals surface area contributed by atoms with E-state index in [1.54, 1.807) is 36.5 Å². The summed E-state index contributed by atoms with van der Waals surface area (Å²) in [7, 11) is 0. The normalized spacial score (nSPS) is 9.83. The monoisotopic (exact) mass is 341 g/mol. The van der Waals surface area contributed by atoms with Crippen molar-refractivity contribution in [3.63, 3.8) is 0 Å². The SMILES string of the molecule is C#CCCCC(=O)Nc1ccc(C(=O)Nc2cccnc2)c(Cl)c1. The van der Waals surface area contributed by atoms with Gasteiger partial charge in [0.25, 0.3) is 5.91 Å². The number of benzene rings is 1. The topological polar surface area (TPSA) is 71.1 Å². The molecule has 0 atom stereocenters. The van der Waals surface area contributed by atoms with Crippen LogP contribution in [0.2, 0.25) is 5.02 Å². The summed E-state index contributed by atoms with van der Waals surface area (Å²) in [5, 5.41) is 5.67. The molecule has 0 aliphatic heterocycles. The number of carbonyl (C=O) groups excluding carboxylic acids is 2. The zero-order chi connectivity index (χ0) is 17.4. The van der Waals surface area contributed by atoms with E-state index in [0.717, 1.165) is 0 Å². The van der Waals surface area contributed by atoms with Crippen LogP contribution in [0.1, 0.15) is 29.6 Å². The van der Waals surface area contributed by atoms with E-state index in [4.69, 9.17) is 18.0 Å². The van der Waals surface area contributed by atoms with Crippen LogP contribution in [0, 0.1) is 12.3 Å². The van der Waals surface area contributed by atoms with Crippen molar-refractivity contribution >= 4 is 34.8 Å². The number of hydrogen-bond acceptors (Lipinski definition) is 3. The van der Waals surface area contributed by atoms with Crippen LogP contribution in [0.25, 0.3) is 0 Å². The lowest BCUT2D eigenvalue weighted by molar-refractivity contribution is -0.116. The Morgan fingerprint density at radius 1 is 1.21 bits per heavy atom. The van der Waals surface area contributed by atoms with Gasteiger partial charge in [-0.05, 0) is 36.8 Å². The van der Waals surface area contributed by atoms with E-state index in [0.29, 0.717) is 36.2 Å². The minimum Gasteiger partial charge on any atom is -0.326 e. The van der Waals surface area contributed by atoms with Gasteiger partial charge in [0.15, 0.2) is 0 Å². The third kappa shape index (κ3) is 5.11. The number of halogens is 1. The quantitative estimate of drug-likeness (QED) is 0.621. The smallest absolute Gasteiger partial charge is 0.257 e. The van der Waals surface area contributed by atoms with Crippen molar-refractivity contribution in [2.45, 2.75) is 19.3 Å². The number of pyridine rings is 1. The van der Waals surface area contributed by atoms with Crippen LogP contribution in [-0.2, 0) is 4.79 Å². The minimum atomic E-state index is -0.347. The molecule has 2 aromatic rings. The number of amides is 2. The minimum absolute atomic E-state index is 0.145. The Kier molecular flexibility index (Phi) is 6.35. The summed E-state index contributed by atoms with van der Waals surface area (Å²) in [5.41, 5.74) is 1.42. The fourth-order valence-corrected chi connectivity index (χ4v) is 2.25. The molecule has 1 heterocycles. The summed E-state index contributed by atoms with van der Waals surface area (Å²) in [6.45, 7) is 0. The lowest BCUT2D eigenvalue weighted by Crippen LogP contribution is -2.14. The molecule has 0 unspecified atom stereocenters. The van der Waals surface area contributed by atoms with E-state index in [9.17, 15) is 9.59 Å². The number of nitrogens with zero attached hydrogens (tertiary/aromatic N) is 1. The average Bonchev–Trinajstić information content (AvgIpc) is 2.56. The van der Waals surface area contributed by atoms with E-state index >= 15 is 0 Å². The fourth-order valence-electron chi connectivity index (χ4n) is 1.99. The summed E-state index contributed by atoms with van der Waals surface area (Å²) in [5.74, 6) is 1.99. The molecule has 1 aromatic heterocycles. The molecule has 2 amide bonds. The number of aromatic nitrogens is 1. The second-order valence-electron chi connectivity index (χ2n) is 5.00. The molecule has 0 fully saturated rings. The summed E-state index contributed by atoms with van der Waals surface area (Å²) in [6.07, 6.45) is 9.82. The van der Waals surface area contributed by atoms with Crippen molar-refractivity contribution in [2.75, 3.05) is 10.6 Å². The molecular weight excluding hydrogens is 326 g/mol. The second kappa shape index (κ2) is 8.70. The van der Waals surface area contributed by atoms with Gasteiger partial charge in [0.1, 0.15) is 0 Å². The Hall–Kier alpha value is -2.84. The molecule has 0 aliphatic carbocycles. The number of hydrogen-bond donors (Lipinski definition) is 2. The third-order valence-corrected chi connectivity index (χ3v) is 3.45. The van der Waals surface area contributed by atoms with Gasteiger partial charge >= 0.3 is 0 Å². The molecule has 0 bridgehead atoms. The Labute approximate surface area is 145 Å². The maximum absolute atomic E-state index is 12.2. The van der Waals surface area contributed by atoms with Crippen molar-refractivity contribution in [1.29, 1.82) is 0 Å². The van der Waals surface area contributed by atoms with Gasteiger partial charge in [-0.15, -0.1) is 12.3 Å². The van der Waals surface area contributed by atoms with Crippen molar-refractivity contribution in [3.05, 3.63) is 53.3 Å². The molecule has 24 heavy (non-hydrogen) atoms. The predicted octanol–water partition coefficient (Wildman–Crippen LogP) is 3.73. The highest BCUT2D eigenvalue weighted by atomic mass is 35.5. The third-order valence-electron chi connectivity index (χ3n) is 3.14. The zero-order valence-electron chi connectivity index (χ0n) is 12.9. The van der Waals surface area contributed by atoms with Gasteiger partial charge in [-0.25, -0.2) is 0 Å². The van der Waals surface area contributed by atoms with E-state index in [1.165, 1.54) is 6.20 Å². The molecule has 0 aliphatic rings. The van der Waals surface area contributed by atoms with Gasteiger partial charge in [-0.3, -0.25) is 14.6 Å². The number of rotatable bonds is 6. The maximum atomic E-state index is 12.2. The highest BCUT2D eigenvalue weighted by Gasteiger charge is 2.12. The van der Waals surface area contributed by atoms with Crippen LogP contribution >= 0.6 is 11.6 Å². The van der Waals surface area contributed by atoms with Crippen LogP contribution in [0.3, 0.4) is 0 Å². The van der Waals surface area contributed by atoms with Gasteiger partial charge in [0.05, 0.1) is 22.5 Å². The van der Waals surface area contributed by atoms with E-state index in [-0.39, 0.29) is 16.8 Å². The standard InChI is InChI=1S/C18H16ClN3O2/c1-2-3-4-7-17(23)21-13-8-9-15(16(19)11-13)18(24)22-14-6-5-10-20-12-14/h1,5-6,8-12H,3-4,7H2,(H,21,23)(H,22,24). The summed E-state index contributed by atoms with van der Waals surface area (Å²) >= 11 is 6.15. The molecular formula is C18H16ClN3O2. The van der Waals surface area contributed by atoms with Crippen molar-refractivity contribution in [2.24, 2.45) is 0 Å². The Balaban J connectivity index is 2.00. The molecule has 0 saturated heterocycles. The number of anilines is 2. The van der Waals surface area contributed by atoms with Crippen LogP contribution < -0.4 is 10.6 Å². The van der Waals surface area contributed by atoms with Crippen LogP contribution in [0.5, 0.6) is 0 Å². The lowest BCUT2D eigenvalue weighted by atomic mass is 10.1. The van der Waals surface area contributed by atoms with Gasteiger partial charge < -0.3 is 10.6 Å². The molecule has 0 spiro atoms. The molecule has 0 radical (unpaired) electrons. The highest BCUT2D eigenvalue weighted by molar-refractivity contribution is 6.34. The van der Waals surface area contributed by atoms with E-state index in [2.05, 4.69) is 21.5 Å². The highest BCUT2D eigenvalue weighted by Crippen LogP contribution is 2.22. The van der Waals surface area contributed by atoms with Crippen LogP contribution in [0.4, 0.5) is 11.4 Å². The fraction of sp³-hybridized carbons (Fsp3) is 0.167. The van der Waals surface area contributed by atoms with E-state index < -0.39 is 0 Å². The van der Waals surface area contributed by atoms with Crippen LogP contribution in [0.15, 0.2) is 42.7 Å². The number of unbranched alkanes of at least 4 members (excludes halogenated alkanes) is 1. The summed E-state index contributed by atoms with van der Waals surface area (Å²) in [6, 6.07) is 8.17. The molecule has 1 aromatic carbocycles. The summed E-state index contributed by atoms with van der Waals surface area (Å²) in [4.78, 5) is 27.9. The number of carbonyl (C=O) groups is 2. The van der Waals surface area contributed by atoms with E-state index in [1.807, 2.05) is 0 Å². The van der Waals surface area contributed by atoms with Gasteiger partial charge in [-0.2, -0.15) is 0 Å². The number of nitrogens with one attached hydrogen (secondary N) is 2. The van der Waals surface area contributed by atoms with Crippen molar-refractivity contribution < 1.29 is 9.59 Å². The first-order valence-corrected chi connectivity index (χ1v) is 7.72. The Bertz CT molecular complexity index is 770. The zero-order valence-corrected chi connectivity index (χ0v) is 13.6. The Morgan fingerprint density at radius 3 is 2.71 bits per heavy atom. The first-order valence-electron chi connectivity index (χ1n) is 7.34. The maximum Gasteiger partial charge on any atom is 0.257 e. The Morgan fingerprint density at radius 2 is 2.04 bits per heavy atom. The van der Waals surface area contributed by atoms with Gasteiger partial charge in [0, 0.05) is 24.7 Å². The largest absolute Gasteiger partial charge is 0.326 e. The molecule has 0 saturated carbocycles. The lowest BCUT2D eigenvalue weighted by Gasteiger charge is -2.09. The van der Waals surface area contributed by atoms with Gasteiger partial charge in [-0.1, -0.05) is 11.6 Å². The molecule has 5 nitrogen and oxygen atoms in total. The van der Waals surface area contributed by atoms with Crippen molar-refractivity contribution in [1.82, 2.24) is 4.98 Å². The molecule has 6 heteroatoms.